The van der Waals surface area contributed by atoms with Crippen molar-refractivity contribution in [1.82, 2.24) is 9.97 Å². The maximum absolute atomic E-state index is 5.44. The van der Waals surface area contributed by atoms with Crippen LogP contribution >= 0.6 is 0 Å². The molecular formula is C17H22N2O. The lowest BCUT2D eigenvalue weighted by Crippen LogP contribution is -2.07. The van der Waals surface area contributed by atoms with E-state index in [4.69, 9.17) is 4.74 Å². The fourth-order valence-electron chi connectivity index (χ4n) is 2.28. The van der Waals surface area contributed by atoms with Crippen molar-refractivity contribution in [3.8, 4) is 5.88 Å². The summed E-state index contributed by atoms with van der Waals surface area (Å²) in [5.41, 5.74) is 3.10. The standard InChI is InChI=1S/C17H22N2O/c1-12(2)10-15-11-18-16(17(19-15)20-4)13(3)14-8-6-5-7-9-14/h5-9,11-13H,10H2,1-4H3. The van der Waals surface area contributed by atoms with Crippen LogP contribution in [0.25, 0.3) is 0 Å². The Morgan fingerprint density at radius 3 is 2.40 bits per heavy atom. The SMILES string of the molecule is COc1nc(CC(C)C)cnc1C(C)c1ccccc1. The van der Waals surface area contributed by atoms with E-state index < -0.39 is 0 Å². The highest BCUT2D eigenvalue weighted by Gasteiger charge is 2.17. The van der Waals surface area contributed by atoms with E-state index in [-0.39, 0.29) is 5.92 Å². The van der Waals surface area contributed by atoms with Crippen LogP contribution in [0, 0.1) is 5.92 Å². The zero-order valence-corrected chi connectivity index (χ0v) is 12.6. The Labute approximate surface area is 121 Å². The summed E-state index contributed by atoms with van der Waals surface area (Å²) < 4.78 is 5.44. The number of methoxy groups -OCH3 is 1. The van der Waals surface area contributed by atoms with E-state index in [0.717, 1.165) is 17.8 Å². The van der Waals surface area contributed by atoms with E-state index in [0.29, 0.717) is 11.8 Å². The molecule has 0 aliphatic heterocycles. The van der Waals surface area contributed by atoms with Crippen LogP contribution in [0.2, 0.25) is 0 Å². The summed E-state index contributed by atoms with van der Waals surface area (Å²) in [6.07, 6.45) is 2.79. The first-order valence-electron chi connectivity index (χ1n) is 7.06. The Morgan fingerprint density at radius 1 is 1.10 bits per heavy atom. The van der Waals surface area contributed by atoms with Gasteiger partial charge in [-0.2, -0.15) is 0 Å². The highest BCUT2D eigenvalue weighted by Crippen LogP contribution is 2.28. The second-order valence-corrected chi connectivity index (χ2v) is 5.49. The van der Waals surface area contributed by atoms with E-state index in [1.807, 2.05) is 24.4 Å². The summed E-state index contributed by atoms with van der Waals surface area (Å²) in [6.45, 7) is 6.48. The second-order valence-electron chi connectivity index (χ2n) is 5.49. The Balaban J connectivity index is 2.32. The molecule has 0 aliphatic carbocycles. The highest BCUT2D eigenvalue weighted by atomic mass is 16.5. The van der Waals surface area contributed by atoms with Crippen LogP contribution in [0.4, 0.5) is 0 Å². The summed E-state index contributed by atoms with van der Waals surface area (Å²) in [5.74, 6) is 1.37. The molecule has 1 unspecified atom stereocenters. The van der Waals surface area contributed by atoms with Crippen molar-refractivity contribution in [2.24, 2.45) is 5.92 Å². The normalized spacial score (nSPS) is 12.4. The Morgan fingerprint density at radius 2 is 1.80 bits per heavy atom. The molecule has 1 aromatic heterocycles. The smallest absolute Gasteiger partial charge is 0.236 e. The van der Waals surface area contributed by atoms with Gasteiger partial charge in [0.15, 0.2) is 0 Å². The Hall–Kier alpha value is -1.90. The van der Waals surface area contributed by atoms with E-state index in [2.05, 4.69) is 42.9 Å². The molecule has 0 saturated heterocycles. The average Bonchev–Trinajstić information content (AvgIpc) is 2.46. The molecule has 2 aromatic rings. The lowest BCUT2D eigenvalue weighted by Gasteiger charge is -2.15. The van der Waals surface area contributed by atoms with Gasteiger partial charge in [-0.15, -0.1) is 0 Å². The molecule has 0 saturated carbocycles. The van der Waals surface area contributed by atoms with Crippen LogP contribution in [0.3, 0.4) is 0 Å². The average molecular weight is 270 g/mol. The largest absolute Gasteiger partial charge is 0.480 e. The van der Waals surface area contributed by atoms with E-state index in [9.17, 15) is 0 Å². The molecule has 0 N–H and O–H groups in total. The first-order chi connectivity index (χ1) is 9.61. The maximum atomic E-state index is 5.44. The van der Waals surface area contributed by atoms with Gasteiger partial charge in [0.1, 0.15) is 5.69 Å². The molecule has 0 radical (unpaired) electrons. The van der Waals surface area contributed by atoms with Gasteiger partial charge in [0, 0.05) is 12.1 Å². The predicted molar refractivity (Wildman–Crippen MR) is 81.1 cm³/mol. The highest BCUT2D eigenvalue weighted by molar-refractivity contribution is 5.33. The van der Waals surface area contributed by atoms with Crippen molar-refractivity contribution in [3.05, 3.63) is 53.5 Å². The van der Waals surface area contributed by atoms with Crippen LogP contribution < -0.4 is 4.74 Å². The molecule has 0 spiro atoms. The predicted octanol–water partition coefficient (Wildman–Crippen LogP) is 3.84. The van der Waals surface area contributed by atoms with Crippen molar-refractivity contribution in [1.29, 1.82) is 0 Å². The fraction of sp³-hybridized carbons (Fsp3) is 0.412. The number of hydrogen-bond donors (Lipinski definition) is 0. The van der Waals surface area contributed by atoms with Gasteiger partial charge in [-0.05, 0) is 17.9 Å². The van der Waals surface area contributed by atoms with Gasteiger partial charge in [0.05, 0.1) is 12.8 Å². The number of benzene rings is 1. The van der Waals surface area contributed by atoms with Crippen LogP contribution in [0.5, 0.6) is 5.88 Å². The van der Waals surface area contributed by atoms with E-state index in [1.165, 1.54) is 5.56 Å². The van der Waals surface area contributed by atoms with Crippen molar-refractivity contribution >= 4 is 0 Å². The monoisotopic (exact) mass is 270 g/mol. The molecule has 20 heavy (non-hydrogen) atoms. The van der Waals surface area contributed by atoms with Gasteiger partial charge in [-0.25, -0.2) is 4.98 Å². The molecule has 0 fully saturated rings. The van der Waals surface area contributed by atoms with Crippen LogP contribution in [-0.2, 0) is 6.42 Å². The lowest BCUT2D eigenvalue weighted by atomic mass is 9.97. The second kappa shape index (κ2) is 6.51. The molecule has 0 amide bonds. The molecule has 0 bridgehead atoms. The molecule has 106 valence electrons. The number of aromatic nitrogens is 2. The Bertz CT molecular complexity index is 552. The van der Waals surface area contributed by atoms with Gasteiger partial charge in [-0.3, -0.25) is 4.98 Å². The van der Waals surface area contributed by atoms with E-state index >= 15 is 0 Å². The zero-order valence-electron chi connectivity index (χ0n) is 12.6. The first kappa shape index (κ1) is 14.5. The van der Waals surface area contributed by atoms with Crippen LogP contribution in [-0.4, -0.2) is 17.1 Å². The molecule has 2 rings (SSSR count). The number of nitrogens with zero attached hydrogens (tertiary/aromatic N) is 2. The molecule has 1 atom stereocenters. The summed E-state index contributed by atoms with van der Waals surface area (Å²) in [4.78, 5) is 9.18. The number of rotatable bonds is 5. The van der Waals surface area contributed by atoms with Gasteiger partial charge in [-0.1, -0.05) is 51.1 Å². The molecule has 3 heteroatoms. The minimum Gasteiger partial charge on any atom is -0.480 e. The van der Waals surface area contributed by atoms with Crippen LogP contribution in [0.1, 0.15) is 43.6 Å². The first-order valence-corrected chi connectivity index (χ1v) is 7.06. The Kier molecular flexibility index (Phi) is 4.72. The summed E-state index contributed by atoms with van der Waals surface area (Å²) >= 11 is 0. The quantitative estimate of drug-likeness (QED) is 0.828. The molecule has 1 heterocycles. The van der Waals surface area contributed by atoms with Crippen molar-refractivity contribution in [3.63, 3.8) is 0 Å². The topological polar surface area (TPSA) is 35.0 Å². The zero-order chi connectivity index (χ0) is 14.5. The van der Waals surface area contributed by atoms with Gasteiger partial charge >= 0.3 is 0 Å². The van der Waals surface area contributed by atoms with Gasteiger partial charge < -0.3 is 4.74 Å². The molecule has 0 aliphatic rings. The number of ether oxygens (including phenoxy) is 1. The molecule has 3 nitrogen and oxygen atoms in total. The van der Waals surface area contributed by atoms with Crippen LogP contribution in [0.15, 0.2) is 36.5 Å². The van der Waals surface area contributed by atoms with Gasteiger partial charge in [0.25, 0.3) is 0 Å². The third-order valence-electron chi connectivity index (χ3n) is 3.34. The van der Waals surface area contributed by atoms with Crippen molar-refractivity contribution in [2.45, 2.75) is 33.1 Å². The fourth-order valence-corrected chi connectivity index (χ4v) is 2.28. The third kappa shape index (κ3) is 3.35. The molecular weight excluding hydrogens is 248 g/mol. The van der Waals surface area contributed by atoms with E-state index in [1.54, 1.807) is 7.11 Å². The summed E-state index contributed by atoms with van der Waals surface area (Å²) in [7, 11) is 1.66. The summed E-state index contributed by atoms with van der Waals surface area (Å²) in [6, 6.07) is 10.3. The maximum Gasteiger partial charge on any atom is 0.236 e. The summed E-state index contributed by atoms with van der Waals surface area (Å²) in [5, 5.41) is 0. The lowest BCUT2D eigenvalue weighted by molar-refractivity contribution is 0.384. The number of hydrogen-bond acceptors (Lipinski definition) is 3. The molecule has 1 aromatic carbocycles. The van der Waals surface area contributed by atoms with Crippen molar-refractivity contribution < 1.29 is 4.74 Å². The minimum atomic E-state index is 0.173. The third-order valence-corrected chi connectivity index (χ3v) is 3.34. The van der Waals surface area contributed by atoms with Crippen molar-refractivity contribution in [2.75, 3.05) is 7.11 Å². The van der Waals surface area contributed by atoms with Gasteiger partial charge in [0.2, 0.25) is 5.88 Å². The minimum absolute atomic E-state index is 0.173.